The van der Waals surface area contributed by atoms with Gasteiger partial charge in [-0.3, -0.25) is 9.88 Å². The van der Waals surface area contributed by atoms with E-state index in [-0.39, 0.29) is 11.9 Å². The normalized spacial score (nSPS) is 17.3. The summed E-state index contributed by atoms with van der Waals surface area (Å²) in [6.07, 6.45) is 7.43. The summed E-state index contributed by atoms with van der Waals surface area (Å²) in [5, 5.41) is 3.19. The van der Waals surface area contributed by atoms with Crippen LogP contribution in [-0.2, 0) is 6.54 Å². The molecule has 3 heterocycles. The van der Waals surface area contributed by atoms with Crippen LogP contribution in [0.3, 0.4) is 0 Å². The minimum atomic E-state index is -0.203. The zero-order valence-corrected chi connectivity index (χ0v) is 14.3. The molecule has 1 fully saturated rings. The van der Waals surface area contributed by atoms with Crippen LogP contribution in [0.4, 0.5) is 16.0 Å². The molecule has 1 aliphatic rings. The average molecular weight is 349 g/mol. The van der Waals surface area contributed by atoms with E-state index < -0.39 is 0 Å². The standard InChI is InChI=1S/C20H20FN5/c21-16-8-6-15(7-9-16)14-26-11-3-4-18(26)17-12-22-13-20(24-17)25-19-5-1-2-10-23-19/h1-2,5-10,12-13,18H,3-4,11,14H2,(H,23,24,25)/t18-/m1/s1. The molecule has 5 nitrogen and oxygen atoms in total. The maximum Gasteiger partial charge on any atom is 0.150 e. The zero-order chi connectivity index (χ0) is 17.8. The minimum absolute atomic E-state index is 0.203. The summed E-state index contributed by atoms with van der Waals surface area (Å²) in [7, 11) is 0. The molecule has 26 heavy (non-hydrogen) atoms. The van der Waals surface area contributed by atoms with Crippen molar-refractivity contribution in [3.8, 4) is 0 Å². The van der Waals surface area contributed by atoms with Gasteiger partial charge in [-0.2, -0.15) is 0 Å². The van der Waals surface area contributed by atoms with Gasteiger partial charge >= 0.3 is 0 Å². The minimum Gasteiger partial charge on any atom is -0.324 e. The van der Waals surface area contributed by atoms with E-state index in [0.717, 1.165) is 43.0 Å². The van der Waals surface area contributed by atoms with Crippen LogP contribution in [0.5, 0.6) is 0 Å². The molecule has 1 N–H and O–H groups in total. The first-order valence-corrected chi connectivity index (χ1v) is 8.76. The van der Waals surface area contributed by atoms with Crippen molar-refractivity contribution in [2.45, 2.75) is 25.4 Å². The van der Waals surface area contributed by atoms with E-state index in [1.807, 2.05) is 36.5 Å². The predicted octanol–water partition coefficient (Wildman–Crippen LogP) is 4.09. The molecule has 0 unspecified atom stereocenters. The number of aromatic nitrogens is 3. The van der Waals surface area contributed by atoms with Crippen molar-refractivity contribution >= 4 is 11.6 Å². The molecule has 3 aromatic rings. The first kappa shape index (κ1) is 16.6. The highest BCUT2D eigenvalue weighted by Crippen LogP contribution is 2.32. The van der Waals surface area contributed by atoms with E-state index in [2.05, 4.69) is 20.2 Å². The molecule has 0 spiro atoms. The lowest BCUT2D eigenvalue weighted by molar-refractivity contribution is 0.244. The number of rotatable bonds is 5. The van der Waals surface area contributed by atoms with Crippen LogP contribution < -0.4 is 5.32 Å². The van der Waals surface area contributed by atoms with Gasteiger partial charge < -0.3 is 5.32 Å². The Morgan fingerprint density at radius 1 is 1.08 bits per heavy atom. The molecule has 0 radical (unpaired) electrons. The number of benzene rings is 1. The van der Waals surface area contributed by atoms with Gasteiger partial charge in [-0.05, 0) is 49.2 Å². The smallest absolute Gasteiger partial charge is 0.150 e. The topological polar surface area (TPSA) is 53.9 Å². The summed E-state index contributed by atoms with van der Waals surface area (Å²) in [6, 6.07) is 12.6. The number of hydrogen-bond acceptors (Lipinski definition) is 5. The van der Waals surface area contributed by atoms with Crippen molar-refractivity contribution in [3.05, 3.63) is 78.1 Å². The van der Waals surface area contributed by atoms with Crippen LogP contribution in [-0.4, -0.2) is 26.4 Å². The summed E-state index contributed by atoms with van der Waals surface area (Å²) in [6.45, 7) is 1.78. The number of anilines is 2. The van der Waals surface area contributed by atoms with Gasteiger partial charge in [0.1, 0.15) is 17.5 Å². The fourth-order valence-corrected chi connectivity index (χ4v) is 3.34. The molecule has 1 aliphatic heterocycles. The molecule has 1 saturated heterocycles. The SMILES string of the molecule is Fc1ccc(CN2CCC[C@@H]2c2cncc(Nc3ccccn3)n2)cc1. The van der Waals surface area contributed by atoms with Gasteiger partial charge in [0.2, 0.25) is 0 Å². The van der Waals surface area contributed by atoms with Gasteiger partial charge in [0.05, 0.1) is 24.1 Å². The van der Waals surface area contributed by atoms with E-state index >= 15 is 0 Å². The van der Waals surface area contributed by atoms with Crippen molar-refractivity contribution in [2.75, 3.05) is 11.9 Å². The monoisotopic (exact) mass is 349 g/mol. The lowest BCUT2D eigenvalue weighted by Crippen LogP contribution is -2.23. The number of likely N-dealkylation sites (tertiary alicyclic amines) is 1. The zero-order valence-electron chi connectivity index (χ0n) is 14.3. The van der Waals surface area contributed by atoms with Gasteiger partial charge in [0, 0.05) is 12.7 Å². The van der Waals surface area contributed by atoms with E-state index in [9.17, 15) is 4.39 Å². The molecule has 0 bridgehead atoms. The van der Waals surface area contributed by atoms with Gasteiger partial charge in [-0.1, -0.05) is 18.2 Å². The molecule has 132 valence electrons. The molecule has 0 saturated carbocycles. The Labute approximate surface area is 151 Å². The van der Waals surface area contributed by atoms with Crippen molar-refractivity contribution < 1.29 is 4.39 Å². The van der Waals surface area contributed by atoms with Crippen molar-refractivity contribution in [3.63, 3.8) is 0 Å². The van der Waals surface area contributed by atoms with Crippen LogP contribution in [0.15, 0.2) is 61.1 Å². The number of halogens is 1. The van der Waals surface area contributed by atoms with E-state index in [4.69, 9.17) is 4.98 Å². The predicted molar refractivity (Wildman–Crippen MR) is 98.3 cm³/mol. The molecule has 2 aromatic heterocycles. The Balaban J connectivity index is 1.50. The Morgan fingerprint density at radius 3 is 2.77 bits per heavy atom. The molecule has 4 rings (SSSR count). The lowest BCUT2D eigenvalue weighted by Gasteiger charge is -2.24. The molecule has 0 aliphatic carbocycles. The Bertz CT molecular complexity index is 854. The number of nitrogens with zero attached hydrogens (tertiary/aromatic N) is 4. The van der Waals surface area contributed by atoms with Crippen LogP contribution in [0.2, 0.25) is 0 Å². The van der Waals surface area contributed by atoms with Crippen LogP contribution in [0.1, 0.15) is 30.1 Å². The van der Waals surface area contributed by atoms with Gasteiger partial charge in [-0.15, -0.1) is 0 Å². The lowest BCUT2D eigenvalue weighted by atomic mass is 10.1. The largest absolute Gasteiger partial charge is 0.324 e. The Morgan fingerprint density at radius 2 is 1.96 bits per heavy atom. The number of hydrogen-bond donors (Lipinski definition) is 1. The highest BCUT2D eigenvalue weighted by Gasteiger charge is 2.27. The maximum absolute atomic E-state index is 13.1. The third-order valence-electron chi connectivity index (χ3n) is 4.58. The third kappa shape index (κ3) is 3.86. The first-order valence-electron chi connectivity index (χ1n) is 8.76. The van der Waals surface area contributed by atoms with E-state index in [0.29, 0.717) is 5.82 Å². The summed E-state index contributed by atoms with van der Waals surface area (Å²) < 4.78 is 13.1. The summed E-state index contributed by atoms with van der Waals surface area (Å²) in [5.74, 6) is 1.23. The van der Waals surface area contributed by atoms with Crippen molar-refractivity contribution in [1.29, 1.82) is 0 Å². The van der Waals surface area contributed by atoms with Crippen LogP contribution in [0, 0.1) is 5.82 Å². The van der Waals surface area contributed by atoms with Gasteiger partial charge in [-0.25, -0.2) is 14.4 Å². The van der Waals surface area contributed by atoms with Gasteiger partial charge in [0.15, 0.2) is 0 Å². The molecular weight excluding hydrogens is 329 g/mol. The Hall–Kier alpha value is -2.86. The maximum atomic E-state index is 13.1. The molecule has 1 aromatic carbocycles. The summed E-state index contributed by atoms with van der Waals surface area (Å²) in [4.78, 5) is 15.7. The van der Waals surface area contributed by atoms with E-state index in [1.54, 1.807) is 12.4 Å². The van der Waals surface area contributed by atoms with Crippen molar-refractivity contribution in [1.82, 2.24) is 19.9 Å². The van der Waals surface area contributed by atoms with Crippen LogP contribution >= 0.6 is 0 Å². The average Bonchev–Trinajstić information content (AvgIpc) is 3.13. The van der Waals surface area contributed by atoms with Crippen molar-refractivity contribution in [2.24, 2.45) is 0 Å². The second-order valence-electron chi connectivity index (χ2n) is 6.42. The first-order chi connectivity index (χ1) is 12.8. The second kappa shape index (κ2) is 7.58. The fraction of sp³-hybridized carbons (Fsp3) is 0.250. The summed E-state index contributed by atoms with van der Waals surface area (Å²) in [5.41, 5.74) is 2.06. The Kier molecular flexibility index (Phi) is 4.84. The molecule has 1 atom stereocenters. The van der Waals surface area contributed by atoms with E-state index in [1.165, 1.54) is 12.1 Å². The molecule has 6 heteroatoms. The molecule has 0 amide bonds. The number of nitrogens with one attached hydrogen (secondary N) is 1. The number of pyridine rings is 1. The van der Waals surface area contributed by atoms with Gasteiger partial charge in [0.25, 0.3) is 0 Å². The summed E-state index contributed by atoms with van der Waals surface area (Å²) >= 11 is 0. The highest BCUT2D eigenvalue weighted by molar-refractivity contribution is 5.50. The second-order valence-corrected chi connectivity index (χ2v) is 6.42. The third-order valence-corrected chi connectivity index (χ3v) is 4.58. The highest BCUT2D eigenvalue weighted by atomic mass is 19.1. The fourth-order valence-electron chi connectivity index (χ4n) is 3.34. The van der Waals surface area contributed by atoms with Crippen LogP contribution in [0.25, 0.3) is 0 Å². The quantitative estimate of drug-likeness (QED) is 0.752. The molecular formula is C20H20FN5.